The fourth-order valence-corrected chi connectivity index (χ4v) is 3.51. The Bertz CT molecular complexity index is 981. The highest BCUT2D eigenvalue weighted by Crippen LogP contribution is 2.42. The molecule has 9 nitrogen and oxygen atoms in total. The van der Waals surface area contributed by atoms with E-state index in [9.17, 15) is 19.8 Å². The van der Waals surface area contributed by atoms with Crippen LogP contribution in [0.4, 0.5) is 28.4 Å². The van der Waals surface area contributed by atoms with Crippen LogP contribution in [0.25, 0.3) is 0 Å². The molecule has 0 amide bonds. The molecule has 0 atom stereocenters. The lowest BCUT2D eigenvalue weighted by atomic mass is 9.95. The summed E-state index contributed by atoms with van der Waals surface area (Å²) in [7, 11) is 4.98. The summed E-state index contributed by atoms with van der Waals surface area (Å²) >= 11 is 0. The molecule has 0 spiro atoms. The maximum atomic E-state index is 12.5. The topological polar surface area (TPSA) is 105 Å². The van der Waals surface area contributed by atoms with Gasteiger partial charge in [-0.25, -0.2) is 0 Å². The third-order valence-corrected chi connectivity index (χ3v) is 5.06. The van der Waals surface area contributed by atoms with Crippen molar-refractivity contribution < 1.29 is 14.5 Å². The first kappa shape index (κ1) is 20.5. The van der Waals surface area contributed by atoms with Crippen LogP contribution in [0.2, 0.25) is 0 Å². The number of carbonyl (C=O) groups is 1. The Kier molecular flexibility index (Phi) is 5.93. The highest BCUT2D eigenvalue weighted by atomic mass is 16.6. The number of hydrogen-bond acceptors (Lipinski definition) is 8. The monoisotopic (exact) mass is 396 g/mol. The van der Waals surface area contributed by atoms with E-state index < -0.39 is 4.92 Å². The molecule has 2 aromatic carbocycles. The van der Waals surface area contributed by atoms with Gasteiger partial charge in [-0.2, -0.15) is 0 Å². The van der Waals surface area contributed by atoms with Gasteiger partial charge in [0.15, 0.2) is 5.78 Å². The van der Waals surface area contributed by atoms with Gasteiger partial charge in [0.25, 0.3) is 5.69 Å². The molecule has 10 heteroatoms. The number of rotatable bonds is 7. The molecule has 1 heterocycles. The molecular weight excluding hydrogens is 375 g/mol. The van der Waals surface area contributed by atoms with Gasteiger partial charge in [-0.15, -0.1) is 4.91 Å². The van der Waals surface area contributed by atoms with Crippen LogP contribution in [-0.2, 0) is 4.74 Å². The van der Waals surface area contributed by atoms with E-state index in [2.05, 4.69) is 5.18 Å². The van der Waals surface area contributed by atoms with Crippen LogP contribution in [0.1, 0.15) is 16.8 Å². The molecule has 1 aliphatic rings. The molecule has 0 fully saturated rings. The van der Waals surface area contributed by atoms with Crippen LogP contribution in [0.15, 0.2) is 35.5 Å². The van der Waals surface area contributed by atoms with Crippen molar-refractivity contribution in [2.45, 2.75) is 6.42 Å². The summed E-state index contributed by atoms with van der Waals surface area (Å²) in [5, 5.41) is 14.6. The molecule has 0 aromatic heterocycles. The molecule has 0 saturated carbocycles. The van der Waals surface area contributed by atoms with Gasteiger partial charge in [0.1, 0.15) is 19.2 Å². The number of nitrogens with zero attached hydrogens (tertiary/aromatic N) is 4. The summed E-state index contributed by atoms with van der Waals surface area (Å²) in [4.78, 5) is 38.7. The van der Waals surface area contributed by atoms with Gasteiger partial charge in [0.05, 0.1) is 22.9 Å². The molecular formula is C19H21BN4O5. The van der Waals surface area contributed by atoms with Crippen LogP contribution in [0, 0.1) is 15.0 Å². The maximum absolute atomic E-state index is 12.5. The van der Waals surface area contributed by atoms with E-state index in [1.54, 1.807) is 46.3 Å². The Labute approximate surface area is 168 Å². The molecule has 0 radical (unpaired) electrons. The third-order valence-electron chi connectivity index (χ3n) is 5.06. The first-order valence-electron chi connectivity index (χ1n) is 9.14. The average molecular weight is 396 g/mol. The Morgan fingerprint density at radius 3 is 2.72 bits per heavy atom. The Morgan fingerprint density at radius 2 is 2.07 bits per heavy atom. The van der Waals surface area contributed by atoms with Gasteiger partial charge in [-0.1, -0.05) is 11.5 Å². The maximum Gasteiger partial charge on any atom is 0.292 e. The van der Waals surface area contributed by atoms with Crippen molar-refractivity contribution in [1.29, 1.82) is 0 Å². The number of ketones is 1. The smallest absolute Gasteiger partial charge is 0.292 e. The highest BCUT2D eigenvalue weighted by Gasteiger charge is 2.28. The number of nitroso groups, excluding NO2 is 1. The number of hydrogen-bond donors (Lipinski definition) is 0. The van der Waals surface area contributed by atoms with E-state index in [4.69, 9.17) is 4.74 Å². The zero-order valence-electron chi connectivity index (χ0n) is 16.5. The van der Waals surface area contributed by atoms with Crippen LogP contribution in [0.3, 0.4) is 0 Å². The number of carbonyl (C=O) groups excluding carboxylic acids is 1. The van der Waals surface area contributed by atoms with Crippen LogP contribution in [-0.4, -0.2) is 52.4 Å². The van der Waals surface area contributed by atoms with Crippen molar-refractivity contribution >= 4 is 47.5 Å². The molecule has 0 aliphatic carbocycles. The lowest BCUT2D eigenvalue weighted by Gasteiger charge is -2.32. The van der Waals surface area contributed by atoms with E-state index in [1.165, 1.54) is 11.0 Å². The largest absolute Gasteiger partial charge is 0.383 e. The average Bonchev–Trinajstić information content (AvgIpc) is 2.72. The second kappa shape index (κ2) is 8.40. The van der Waals surface area contributed by atoms with Gasteiger partial charge in [0, 0.05) is 45.3 Å². The quantitative estimate of drug-likeness (QED) is 0.305. The van der Waals surface area contributed by atoms with Crippen LogP contribution in [0.5, 0.6) is 0 Å². The van der Waals surface area contributed by atoms with Crippen molar-refractivity contribution in [2.24, 2.45) is 5.18 Å². The van der Waals surface area contributed by atoms with E-state index in [0.29, 0.717) is 48.7 Å². The molecule has 150 valence electrons. The Balaban J connectivity index is 2.11. The predicted molar refractivity (Wildman–Crippen MR) is 114 cm³/mol. The van der Waals surface area contributed by atoms with Crippen molar-refractivity contribution in [1.82, 2.24) is 0 Å². The number of nitro benzene ring substituents is 1. The fraction of sp³-hybridized carbons (Fsp3) is 0.316. The molecule has 0 N–H and O–H groups in total. The third kappa shape index (κ3) is 3.97. The highest BCUT2D eigenvalue weighted by molar-refractivity contribution is 6.32. The minimum Gasteiger partial charge on any atom is -0.383 e. The summed E-state index contributed by atoms with van der Waals surface area (Å²) < 4.78 is 5.12. The normalized spacial score (nSPS) is 13.2. The minimum atomic E-state index is -0.469. The van der Waals surface area contributed by atoms with Crippen LogP contribution < -0.4 is 15.3 Å². The second-order valence-electron chi connectivity index (χ2n) is 6.91. The van der Waals surface area contributed by atoms with Gasteiger partial charge in [0.2, 0.25) is 0 Å². The van der Waals surface area contributed by atoms with Gasteiger partial charge >= 0.3 is 0 Å². The fourth-order valence-electron chi connectivity index (χ4n) is 3.51. The first-order valence-corrected chi connectivity index (χ1v) is 9.14. The SMILES string of the molecule is Bc1ccc(N(C)c2cc3c(cc2N=O)N(CCOC)CCC3=O)c([N+](=O)[O-])c1. The molecule has 1 aliphatic heterocycles. The molecule has 0 bridgehead atoms. The number of anilines is 3. The van der Waals surface area contributed by atoms with Crippen molar-refractivity contribution in [3.05, 3.63) is 50.9 Å². The standard InChI is InChI=1S/C19H21BN4O5/c1-22(15-4-3-12(20)9-18(15)24(27)28)17-10-13-16(11-14(17)21-26)23(7-8-29-2)6-5-19(13)25/h3-4,9-11H,5-8,20H2,1-2H3. The zero-order chi connectivity index (χ0) is 21.1. The lowest BCUT2D eigenvalue weighted by molar-refractivity contribution is -0.384. The van der Waals surface area contributed by atoms with E-state index in [1.807, 2.05) is 4.90 Å². The summed E-state index contributed by atoms with van der Waals surface area (Å²) in [6.45, 7) is 1.59. The summed E-state index contributed by atoms with van der Waals surface area (Å²) in [5.41, 5.74) is 2.52. The van der Waals surface area contributed by atoms with Gasteiger partial charge in [-0.05, 0) is 23.4 Å². The number of benzene rings is 2. The minimum absolute atomic E-state index is 0.0424. The number of methoxy groups -OCH3 is 1. The first-order chi connectivity index (χ1) is 13.9. The van der Waals surface area contributed by atoms with E-state index in [-0.39, 0.29) is 17.2 Å². The molecule has 3 rings (SSSR count). The van der Waals surface area contributed by atoms with Crippen LogP contribution >= 0.6 is 0 Å². The Hall–Kier alpha value is -3.27. The zero-order valence-corrected chi connectivity index (χ0v) is 16.5. The molecule has 0 unspecified atom stereocenters. The Morgan fingerprint density at radius 1 is 1.31 bits per heavy atom. The lowest BCUT2D eigenvalue weighted by Crippen LogP contribution is -2.34. The van der Waals surface area contributed by atoms with Gasteiger partial charge in [-0.3, -0.25) is 14.9 Å². The number of nitro groups is 1. The second-order valence-corrected chi connectivity index (χ2v) is 6.91. The van der Waals surface area contributed by atoms with E-state index in [0.717, 1.165) is 5.46 Å². The molecule has 0 saturated heterocycles. The van der Waals surface area contributed by atoms with Crippen molar-refractivity contribution in [3.8, 4) is 0 Å². The number of ether oxygens (including phenoxy) is 1. The van der Waals surface area contributed by atoms with Crippen molar-refractivity contribution in [3.63, 3.8) is 0 Å². The predicted octanol–water partition coefficient (Wildman–Crippen LogP) is 2.06. The molecule has 2 aromatic rings. The van der Waals surface area contributed by atoms with E-state index >= 15 is 0 Å². The number of fused-ring (bicyclic) bond motifs is 1. The van der Waals surface area contributed by atoms with Gasteiger partial charge < -0.3 is 14.5 Å². The summed E-state index contributed by atoms with van der Waals surface area (Å²) in [5.74, 6) is -0.0424. The summed E-state index contributed by atoms with van der Waals surface area (Å²) in [6.07, 6.45) is 0.346. The number of Topliss-reactive ketones (excluding diaryl/α,β-unsaturated/α-hetero) is 1. The van der Waals surface area contributed by atoms with Crippen molar-refractivity contribution in [2.75, 3.05) is 43.7 Å². The molecule has 29 heavy (non-hydrogen) atoms. The summed E-state index contributed by atoms with van der Waals surface area (Å²) in [6, 6.07) is 8.00.